The van der Waals surface area contributed by atoms with Crippen LogP contribution in [0.1, 0.15) is 45.7 Å². The number of nitrogens with one attached hydrogen (secondary N) is 2. The molecule has 3 nitrogen and oxygen atoms in total. The van der Waals surface area contributed by atoms with Crippen molar-refractivity contribution in [1.29, 1.82) is 0 Å². The summed E-state index contributed by atoms with van der Waals surface area (Å²) in [5.41, 5.74) is 1.09. The van der Waals surface area contributed by atoms with Crippen LogP contribution >= 0.6 is 15.9 Å². The van der Waals surface area contributed by atoms with Gasteiger partial charge in [-0.2, -0.15) is 0 Å². The molecule has 2 N–H and O–H groups in total. The van der Waals surface area contributed by atoms with Crippen molar-refractivity contribution in [3.8, 4) is 0 Å². The number of carbonyl (C=O) groups excluding carboxylic acids is 1. The van der Waals surface area contributed by atoms with Crippen molar-refractivity contribution in [2.24, 2.45) is 0 Å². The first-order chi connectivity index (χ1) is 8.81. The second-order valence-corrected chi connectivity index (χ2v) is 6.60. The van der Waals surface area contributed by atoms with Crippen molar-refractivity contribution < 1.29 is 4.79 Å². The normalized spacial score (nSPS) is 13.1. The van der Waals surface area contributed by atoms with Gasteiger partial charge in [0.05, 0.1) is 12.6 Å². The highest BCUT2D eigenvalue weighted by Crippen LogP contribution is 2.19. The van der Waals surface area contributed by atoms with Gasteiger partial charge in [0.25, 0.3) is 0 Å². The Morgan fingerprint density at radius 1 is 1.26 bits per heavy atom. The molecular formula is C15H23BrN2O. The van der Waals surface area contributed by atoms with Crippen LogP contribution < -0.4 is 10.6 Å². The van der Waals surface area contributed by atoms with Crippen LogP contribution in [0.15, 0.2) is 28.7 Å². The molecule has 1 rings (SSSR count). The van der Waals surface area contributed by atoms with Gasteiger partial charge in [-0.05, 0) is 44.9 Å². The predicted octanol–water partition coefficient (Wildman–Crippen LogP) is 3.40. The number of hydrogen-bond donors (Lipinski definition) is 2. The number of halogens is 1. The summed E-state index contributed by atoms with van der Waals surface area (Å²) in [7, 11) is 0. The van der Waals surface area contributed by atoms with Crippen molar-refractivity contribution in [2.45, 2.75) is 45.7 Å². The second-order valence-electron chi connectivity index (χ2n) is 5.68. The van der Waals surface area contributed by atoms with Gasteiger partial charge in [-0.15, -0.1) is 0 Å². The van der Waals surface area contributed by atoms with Crippen LogP contribution in [0.5, 0.6) is 0 Å². The van der Waals surface area contributed by atoms with Gasteiger partial charge in [0.2, 0.25) is 5.91 Å². The molecule has 4 heteroatoms. The Kier molecular flexibility index (Phi) is 6.01. The van der Waals surface area contributed by atoms with Crippen LogP contribution in [0.25, 0.3) is 0 Å². The molecule has 0 heterocycles. The quantitative estimate of drug-likeness (QED) is 0.870. The van der Waals surface area contributed by atoms with E-state index in [-0.39, 0.29) is 17.5 Å². The summed E-state index contributed by atoms with van der Waals surface area (Å²) in [6.07, 6.45) is 0.878. The maximum Gasteiger partial charge on any atom is 0.234 e. The van der Waals surface area contributed by atoms with E-state index in [1.807, 2.05) is 45.0 Å². The highest BCUT2D eigenvalue weighted by Gasteiger charge is 2.15. The average Bonchev–Trinajstić information content (AvgIpc) is 2.34. The van der Waals surface area contributed by atoms with E-state index >= 15 is 0 Å². The van der Waals surface area contributed by atoms with E-state index in [1.54, 1.807) is 0 Å². The molecular weight excluding hydrogens is 304 g/mol. The van der Waals surface area contributed by atoms with Crippen molar-refractivity contribution in [1.82, 2.24) is 10.6 Å². The highest BCUT2D eigenvalue weighted by molar-refractivity contribution is 9.10. The first kappa shape index (κ1) is 16.2. The van der Waals surface area contributed by atoms with E-state index in [4.69, 9.17) is 0 Å². The number of hydrogen-bond acceptors (Lipinski definition) is 2. The topological polar surface area (TPSA) is 41.1 Å². The van der Waals surface area contributed by atoms with Crippen molar-refractivity contribution in [2.75, 3.05) is 6.54 Å². The molecule has 0 saturated carbocycles. The SMILES string of the molecule is CCC(NC(=O)CNC(C)(C)C)c1ccc(Br)cc1. The Morgan fingerprint density at radius 3 is 2.32 bits per heavy atom. The Bertz CT molecular complexity index is 409. The molecule has 0 aliphatic rings. The smallest absolute Gasteiger partial charge is 0.234 e. The first-order valence-electron chi connectivity index (χ1n) is 6.61. The number of carbonyl (C=O) groups is 1. The van der Waals surface area contributed by atoms with Crippen LogP contribution in [0.3, 0.4) is 0 Å². The molecule has 1 atom stereocenters. The molecule has 0 bridgehead atoms. The second kappa shape index (κ2) is 7.06. The third-order valence-electron chi connectivity index (χ3n) is 2.80. The Balaban J connectivity index is 2.57. The fourth-order valence-electron chi connectivity index (χ4n) is 1.71. The average molecular weight is 327 g/mol. The maximum atomic E-state index is 11.9. The zero-order chi connectivity index (χ0) is 14.5. The minimum absolute atomic E-state index is 0.0321. The number of amides is 1. The summed E-state index contributed by atoms with van der Waals surface area (Å²) in [6.45, 7) is 8.56. The Morgan fingerprint density at radius 2 is 1.84 bits per heavy atom. The van der Waals surface area contributed by atoms with Gasteiger partial charge in [-0.25, -0.2) is 0 Å². The largest absolute Gasteiger partial charge is 0.348 e. The molecule has 1 amide bonds. The van der Waals surface area contributed by atoms with Crippen LogP contribution in [-0.4, -0.2) is 18.0 Å². The van der Waals surface area contributed by atoms with E-state index in [0.29, 0.717) is 6.54 Å². The van der Waals surface area contributed by atoms with E-state index in [0.717, 1.165) is 16.5 Å². The van der Waals surface area contributed by atoms with E-state index in [2.05, 4.69) is 33.5 Å². The van der Waals surface area contributed by atoms with Gasteiger partial charge in [0.15, 0.2) is 0 Å². The van der Waals surface area contributed by atoms with Crippen molar-refractivity contribution >= 4 is 21.8 Å². The Hall–Kier alpha value is -0.870. The maximum absolute atomic E-state index is 11.9. The van der Waals surface area contributed by atoms with E-state index in [1.165, 1.54) is 0 Å². The van der Waals surface area contributed by atoms with Crippen LogP contribution in [0.4, 0.5) is 0 Å². The lowest BCUT2D eigenvalue weighted by atomic mass is 10.0. The summed E-state index contributed by atoms with van der Waals surface area (Å²) >= 11 is 3.42. The van der Waals surface area contributed by atoms with E-state index < -0.39 is 0 Å². The first-order valence-corrected chi connectivity index (χ1v) is 7.41. The summed E-state index contributed by atoms with van der Waals surface area (Å²) in [4.78, 5) is 11.9. The molecule has 0 saturated heterocycles. The Labute approximate surface area is 124 Å². The molecule has 1 unspecified atom stereocenters. The van der Waals surface area contributed by atoms with Gasteiger partial charge in [0, 0.05) is 10.0 Å². The monoisotopic (exact) mass is 326 g/mol. The molecule has 0 aromatic heterocycles. The molecule has 0 aliphatic carbocycles. The summed E-state index contributed by atoms with van der Waals surface area (Å²) in [5, 5.41) is 6.25. The molecule has 0 aliphatic heterocycles. The standard InChI is InChI=1S/C15H23BrN2O/c1-5-13(11-6-8-12(16)9-7-11)18-14(19)10-17-15(2,3)4/h6-9,13,17H,5,10H2,1-4H3,(H,18,19). The van der Waals surface area contributed by atoms with Crippen LogP contribution in [0.2, 0.25) is 0 Å². The summed E-state index contributed by atoms with van der Waals surface area (Å²) in [5.74, 6) is 0.0321. The third-order valence-corrected chi connectivity index (χ3v) is 3.32. The van der Waals surface area contributed by atoms with Crippen LogP contribution in [0, 0.1) is 0 Å². The lowest BCUT2D eigenvalue weighted by Gasteiger charge is -2.22. The van der Waals surface area contributed by atoms with Gasteiger partial charge >= 0.3 is 0 Å². The highest BCUT2D eigenvalue weighted by atomic mass is 79.9. The minimum atomic E-state index is -0.0450. The van der Waals surface area contributed by atoms with Crippen LogP contribution in [-0.2, 0) is 4.79 Å². The fraction of sp³-hybridized carbons (Fsp3) is 0.533. The fourth-order valence-corrected chi connectivity index (χ4v) is 1.97. The summed E-state index contributed by atoms with van der Waals surface area (Å²) < 4.78 is 1.05. The molecule has 1 aromatic carbocycles. The van der Waals surface area contributed by atoms with Gasteiger partial charge in [0.1, 0.15) is 0 Å². The lowest BCUT2D eigenvalue weighted by Crippen LogP contribution is -2.44. The third kappa shape index (κ3) is 6.21. The molecule has 19 heavy (non-hydrogen) atoms. The van der Waals surface area contributed by atoms with Crippen molar-refractivity contribution in [3.63, 3.8) is 0 Å². The predicted molar refractivity (Wildman–Crippen MR) is 83.1 cm³/mol. The zero-order valence-corrected chi connectivity index (χ0v) is 13.7. The van der Waals surface area contributed by atoms with Gasteiger partial charge < -0.3 is 10.6 Å². The number of benzene rings is 1. The molecule has 0 radical (unpaired) electrons. The zero-order valence-electron chi connectivity index (χ0n) is 12.1. The van der Waals surface area contributed by atoms with E-state index in [9.17, 15) is 4.79 Å². The molecule has 0 spiro atoms. The molecule has 0 fully saturated rings. The molecule has 106 valence electrons. The number of rotatable bonds is 5. The van der Waals surface area contributed by atoms with Gasteiger partial charge in [-0.3, -0.25) is 4.79 Å². The van der Waals surface area contributed by atoms with Gasteiger partial charge in [-0.1, -0.05) is 35.0 Å². The summed E-state index contributed by atoms with van der Waals surface area (Å²) in [6, 6.07) is 8.14. The lowest BCUT2D eigenvalue weighted by molar-refractivity contribution is -0.121. The van der Waals surface area contributed by atoms with Crippen molar-refractivity contribution in [3.05, 3.63) is 34.3 Å². The molecule has 1 aromatic rings. The minimum Gasteiger partial charge on any atom is -0.348 e.